The van der Waals surface area contributed by atoms with Gasteiger partial charge in [-0.2, -0.15) is 0 Å². The molecule has 1 heterocycles. The van der Waals surface area contributed by atoms with Gasteiger partial charge in [-0.25, -0.2) is 0 Å². The standard InChI is InChI=1S/C21H22ClN5O2S/c1-13-8-14(2)10-15(9-13)24-19(28)12-30-21-26-25-18(27(21)3)11-23-20(29)16-6-4-5-7-17(16)22/h4-10H,11-12H2,1-3H3,(H,23,29)(H,24,28). The molecule has 9 heteroatoms. The monoisotopic (exact) mass is 443 g/mol. The summed E-state index contributed by atoms with van der Waals surface area (Å²) >= 11 is 7.33. The highest BCUT2D eigenvalue weighted by molar-refractivity contribution is 7.99. The highest BCUT2D eigenvalue weighted by Gasteiger charge is 2.14. The van der Waals surface area contributed by atoms with Crippen LogP contribution < -0.4 is 10.6 Å². The Kier molecular flexibility index (Phi) is 7.12. The molecule has 0 fully saturated rings. The van der Waals surface area contributed by atoms with Gasteiger partial charge in [-0.05, 0) is 49.2 Å². The van der Waals surface area contributed by atoms with Crippen molar-refractivity contribution in [3.63, 3.8) is 0 Å². The minimum Gasteiger partial charge on any atom is -0.345 e. The second-order valence-corrected chi connectivity index (χ2v) is 8.18. The zero-order chi connectivity index (χ0) is 21.7. The quantitative estimate of drug-likeness (QED) is 0.543. The van der Waals surface area contributed by atoms with Gasteiger partial charge in [0.2, 0.25) is 5.91 Å². The third-order valence-corrected chi connectivity index (χ3v) is 5.64. The van der Waals surface area contributed by atoms with Crippen molar-refractivity contribution in [3.05, 3.63) is 70.0 Å². The third-order valence-electron chi connectivity index (χ3n) is 4.29. The normalized spacial score (nSPS) is 10.7. The molecule has 0 aliphatic rings. The highest BCUT2D eigenvalue weighted by atomic mass is 35.5. The van der Waals surface area contributed by atoms with E-state index in [1.807, 2.05) is 26.0 Å². The zero-order valence-electron chi connectivity index (χ0n) is 16.9. The lowest BCUT2D eigenvalue weighted by Crippen LogP contribution is -2.24. The highest BCUT2D eigenvalue weighted by Crippen LogP contribution is 2.18. The van der Waals surface area contributed by atoms with E-state index < -0.39 is 0 Å². The summed E-state index contributed by atoms with van der Waals surface area (Å²) in [5.74, 6) is 0.366. The lowest BCUT2D eigenvalue weighted by Gasteiger charge is -2.08. The van der Waals surface area contributed by atoms with Gasteiger partial charge in [-0.1, -0.05) is 41.6 Å². The first-order chi connectivity index (χ1) is 14.3. The van der Waals surface area contributed by atoms with Gasteiger partial charge in [0.1, 0.15) is 0 Å². The Hall–Kier alpha value is -2.84. The van der Waals surface area contributed by atoms with Crippen LogP contribution >= 0.6 is 23.4 Å². The van der Waals surface area contributed by atoms with E-state index in [-0.39, 0.29) is 24.1 Å². The van der Waals surface area contributed by atoms with E-state index in [0.29, 0.717) is 21.6 Å². The lowest BCUT2D eigenvalue weighted by atomic mass is 10.1. The summed E-state index contributed by atoms with van der Waals surface area (Å²) in [6.07, 6.45) is 0. The molecule has 0 saturated carbocycles. The largest absolute Gasteiger partial charge is 0.345 e. The molecule has 0 aliphatic heterocycles. The number of aryl methyl sites for hydroxylation is 2. The van der Waals surface area contributed by atoms with Crippen molar-refractivity contribution in [2.75, 3.05) is 11.1 Å². The Labute approximate surface area is 184 Å². The molecule has 3 rings (SSSR count). The molecule has 7 nitrogen and oxygen atoms in total. The van der Waals surface area contributed by atoms with Crippen molar-refractivity contribution >= 4 is 40.9 Å². The zero-order valence-corrected chi connectivity index (χ0v) is 18.5. The lowest BCUT2D eigenvalue weighted by molar-refractivity contribution is -0.113. The number of benzene rings is 2. The first-order valence-corrected chi connectivity index (χ1v) is 10.6. The molecule has 0 spiro atoms. The Morgan fingerprint density at radius 2 is 1.80 bits per heavy atom. The molecule has 3 aromatic rings. The fraction of sp³-hybridized carbons (Fsp3) is 0.238. The first kappa shape index (κ1) is 21.9. The van der Waals surface area contributed by atoms with Crippen LogP contribution in [0.2, 0.25) is 5.02 Å². The Bertz CT molecular complexity index is 1060. The van der Waals surface area contributed by atoms with Crippen molar-refractivity contribution < 1.29 is 9.59 Å². The van der Waals surface area contributed by atoms with E-state index >= 15 is 0 Å². The predicted molar refractivity (Wildman–Crippen MR) is 119 cm³/mol. The Morgan fingerprint density at radius 3 is 2.50 bits per heavy atom. The van der Waals surface area contributed by atoms with Crippen LogP contribution in [0, 0.1) is 13.8 Å². The maximum absolute atomic E-state index is 12.3. The summed E-state index contributed by atoms with van der Waals surface area (Å²) in [7, 11) is 1.79. The topological polar surface area (TPSA) is 88.9 Å². The number of aromatic nitrogens is 3. The van der Waals surface area contributed by atoms with Gasteiger partial charge >= 0.3 is 0 Å². The Balaban J connectivity index is 1.54. The second kappa shape index (κ2) is 9.77. The van der Waals surface area contributed by atoms with Crippen molar-refractivity contribution in [3.8, 4) is 0 Å². The van der Waals surface area contributed by atoms with E-state index in [0.717, 1.165) is 16.8 Å². The number of hydrogen-bond acceptors (Lipinski definition) is 5. The molecule has 2 N–H and O–H groups in total. The number of carbonyl (C=O) groups excluding carboxylic acids is 2. The molecule has 0 unspecified atom stereocenters. The fourth-order valence-electron chi connectivity index (χ4n) is 2.90. The van der Waals surface area contributed by atoms with Gasteiger partial charge in [0.05, 0.1) is 22.9 Å². The molecule has 156 valence electrons. The average molecular weight is 444 g/mol. The van der Waals surface area contributed by atoms with E-state index in [1.165, 1.54) is 11.8 Å². The van der Waals surface area contributed by atoms with Crippen LogP contribution in [-0.2, 0) is 18.4 Å². The van der Waals surface area contributed by atoms with Crippen LogP contribution in [0.1, 0.15) is 27.3 Å². The molecule has 2 aromatic carbocycles. The number of halogens is 1. The number of carbonyl (C=O) groups is 2. The first-order valence-electron chi connectivity index (χ1n) is 9.25. The summed E-state index contributed by atoms with van der Waals surface area (Å²) in [5.41, 5.74) is 3.36. The summed E-state index contributed by atoms with van der Waals surface area (Å²) in [4.78, 5) is 24.6. The molecular weight excluding hydrogens is 422 g/mol. The molecule has 0 radical (unpaired) electrons. The number of hydrogen-bond donors (Lipinski definition) is 2. The minimum absolute atomic E-state index is 0.124. The van der Waals surface area contributed by atoms with Crippen LogP contribution in [0.5, 0.6) is 0 Å². The SMILES string of the molecule is Cc1cc(C)cc(NC(=O)CSc2nnc(CNC(=O)c3ccccc3Cl)n2C)c1. The molecular formula is C21H22ClN5O2S. The molecule has 0 atom stereocenters. The van der Waals surface area contributed by atoms with Crippen LogP contribution in [0.25, 0.3) is 0 Å². The Morgan fingerprint density at radius 1 is 1.10 bits per heavy atom. The number of thioether (sulfide) groups is 1. The van der Waals surface area contributed by atoms with Crippen molar-refractivity contribution in [1.82, 2.24) is 20.1 Å². The predicted octanol–water partition coefficient (Wildman–Crippen LogP) is 3.75. The van der Waals surface area contributed by atoms with Crippen LogP contribution in [0.15, 0.2) is 47.6 Å². The smallest absolute Gasteiger partial charge is 0.253 e. The van der Waals surface area contributed by atoms with Crippen molar-refractivity contribution in [2.45, 2.75) is 25.5 Å². The number of nitrogens with one attached hydrogen (secondary N) is 2. The van der Waals surface area contributed by atoms with Crippen molar-refractivity contribution in [2.24, 2.45) is 7.05 Å². The number of rotatable bonds is 7. The molecule has 2 amide bonds. The van der Waals surface area contributed by atoms with E-state index in [9.17, 15) is 9.59 Å². The fourth-order valence-corrected chi connectivity index (χ4v) is 3.85. The van der Waals surface area contributed by atoms with Gasteiger partial charge in [0, 0.05) is 12.7 Å². The summed E-state index contributed by atoms with van der Waals surface area (Å²) in [6, 6.07) is 12.7. The third kappa shape index (κ3) is 5.61. The molecule has 0 saturated heterocycles. The van der Waals surface area contributed by atoms with E-state index in [4.69, 9.17) is 11.6 Å². The number of nitrogens with zero attached hydrogens (tertiary/aromatic N) is 3. The molecule has 0 bridgehead atoms. The molecule has 30 heavy (non-hydrogen) atoms. The van der Waals surface area contributed by atoms with Gasteiger partial charge < -0.3 is 15.2 Å². The van der Waals surface area contributed by atoms with Gasteiger partial charge in [-0.15, -0.1) is 10.2 Å². The van der Waals surface area contributed by atoms with Crippen molar-refractivity contribution in [1.29, 1.82) is 0 Å². The van der Waals surface area contributed by atoms with E-state index in [1.54, 1.807) is 35.9 Å². The number of anilines is 1. The maximum atomic E-state index is 12.3. The minimum atomic E-state index is -0.286. The summed E-state index contributed by atoms with van der Waals surface area (Å²) in [6.45, 7) is 4.18. The van der Waals surface area contributed by atoms with Gasteiger partial charge in [-0.3, -0.25) is 9.59 Å². The van der Waals surface area contributed by atoms with Crippen LogP contribution in [0.3, 0.4) is 0 Å². The molecule has 1 aromatic heterocycles. The number of amides is 2. The van der Waals surface area contributed by atoms with Gasteiger partial charge in [0.25, 0.3) is 5.91 Å². The van der Waals surface area contributed by atoms with Crippen LogP contribution in [0.4, 0.5) is 5.69 Å². The van der Waals surface area contributed by atoms with E-state index in [2.05, 4.69) is 26.9 Å². The van der Waals surface area contributed by atoms with Gasteiger partial charge in [0.15, 0.2) is 11.0 Å². The van der Waals surface area contributed by atoms with Crippen LogP contribution in [-0.4, -0.2) is 32.3 Å². The maximum Gasteiger partial charge on any atom is 0.253 e. The molecule has 0 aliphatic carbocycles. The summed E-state index contributed by atoms with van der Waals surface area (Å²) in [5, 5.41) is 14.9. The average Bonchev–Trinajstić information content (AvgIpc) is 3.03. The summed E-state index contributed by atoms with van der Waals surface area (Å²) < 4.78 is 1.75. The second-order valence-electron chi connectivity index (χ2n) is 6.83.